The molecule has 2 atom stereocenters. The molecule has 3 aliphatic heterocycles. The van der Waals surface area contributed by atoms with Gasteiger partial charge >= 0.3 is 0 Å². The first-order valence-electron chi connectivity index (χ1n) is 9.91. The van der Waals surface area contributed by atoms with Crippen LogP contribution in [0.2, 0.25) is 0 Å². The van der Waals surface area contributed by atoms with Crippen LogP contribution in [0.5, 0.6) is 0 Å². The standard InChI is InChI=1S/C21H30N2O3/c1-16-2-4-17(5-3-16)20(25)23-10-7-21(8-11-23)12-19(26-15-21)14-22-9-6-18(24)13-22/h2-5,18-19,24H,6-15H2,1H3/t18-,19-/m1/s1. The molecule has 5 heteroatoms. The van der Waals surface area contributed by atoms with E-state index < -0.39 is 0 Å². The summed E-state index contributed by atoms with van der Waals surface area (Å²) in [7, 11) is 0. The molecule has 3 saturated heterocycles. The lowest BCUT2D eigenvalue weighted by molar-refractivity contribution is 0.0451. The van der Waals surface area contributed by atoms with Gasteiger partial charge in [0.2, 0.25) is 0 Å². The molecular weight excluding hydrogens is 328 g/mol. The predicted molar refractivity (Wildman–Crippen MR) is 100 cm³/mol. The molecule has 0 bridgehead atoms. The molecule has 3 heterocycles. The van der Waals surface area contributed by atoms with E-state index in [0.29, 0.717) is 0 Å². The Morgan fingerprint density at radius 3 is 2.62 bits per heavy atom. The van der Waals surface area contributed by atoms with Crippen molar-refractivity contribution < 1.29 is 14.6 Å². The van der Waals surface area contributed by atoms with E-state index >= 15 is 0 Å². The first kappa shape index (κ1) is 18.0. The Hall–Kier alpha value is -1.43. The van der Waals surface area contributed by atoms with E-state index in [1.165, 1.54) is 5.56 Å². The highest BCUT2D eigenvalue weighted by Crippen LogP contribution is 2.42. The van der Waals surface area contributed by atoms with E-state index in [0.717, 1.165) is 70.6 Å². The van der Waals surface area contributed by atoms with Crippen molar-refractivity contribution in [3.05, 3.63) is 35.4 Å². The molecule has 1 N–H and O–H groups in total. The number of likely N-dealkylation sites (tertiary alicyclic amines) is 2. The second-order valence-corrected chi connectivity index (χ2v) is 8.50. The van der Waals surface area contributed by atoms with Crippen molar-refractivity contribution in [2.45, 2.75) is 44.8 Å². The molecule has 26 heavy (non-hydrogen) atoms. The number of hydrogen-bond acceptors (Lipinski definition) is 4. The lowest BCUT2D eigenvalue weighted by Gasteiger charge is -2.38. The Labute approximate surface area is 155 Å². The van der Waals surface area contributed by atoms with E-state index in [4.69, 9.17) is 4.74 Å². The average molecular weight is 358 g/mol. The van der Waals surface area contributed by atoms with Gasteiger partial charge in [0, 0.05) is 38.3 Å². The Morgan fingerprint density at radius 1 is 1.23 bits per heavy atom. The van der Waals surface area contributed by atoms with E-state index in [1.807, 2.05) is 36.1 Å². The summed E-state index contributed by atoms with van der Waals surface area (Å²) in [6.07, 6.45) is 4.15. The molecule has 0 aliphatic carbocycles. The summed E-state index contributed by atoms with van der Waals surface area (Å²) in [5, 5.41) is 9.69. The van der Waals surface area contributed by atoms with E-state index in [2.05, 4.69) is 4.90 Å². The van der Waals surface area contributed by atoms with Crippen LogP contribution in [0.15, 0.2) is 24.3 Å². The topological polar surface area (TPSA) is 53.0 Å². The van der Waals surface area contributed by atoms with Crippen molar-refractivity contribution in [1.82, 2.24) is 9.80 Å². The summed E-state index contributed by atoms with van der Waals surface area (Å²) in [4.78, 5) is 17.0. The first-order valence-corrected chi connectivity index (χ1v) is 9.91. The van der Waals surface area contributed by atoms with Crippen LogP contribution in [-0.2, 0) is 4.74 Å². The van der Waals surface area contributed by atoms with Crippen LogP contribution in [0.25, 0.3) is 0 Å². The van der Waals surface area contributed by atoms with Crippen molar-refractivity contribution in [2.75, 3.05) is 39.3 Å². The van der Waals surface area contributed by atoms with Gasteiger partial charge in [0.15, 0.2) is 0 Å². The van der Waals surface area contributed by atoms with Gasteiger partial charge in [-0.2, -0.15) is 0 Å². The zero-order chi connectivity index (χ0) is 18.1. The molecule has 1 amide bonds. The van der Waals surface area contributed by atoms with E-state index in [9.17, 15) is 9.90 Å². The lowest BCUT2D eigenvalue weighted by Crippen LogP contribution is -2.43. The minimum atomic E-state index is -0.165. The third-order valence-corrected chi connectivity index (χ3v) is 6.41. The fraction of sp³-hybridized carbons (Fsp3) is 0.667. The van der Waals surface area contributed by atoms with Gasteiger partial charge in [0.1, 0.15) is 0 Å². The minimum Gasteiger partial charge on any atom is -0.392 e. The summed E-state index contributed by atoms with van der Waals surface area (Å²) in [6.45, 7) is 7.21. The maximum atomic E-state index is 12.7. The number of amides is 1. The number of carbonyl (C=O) groups is 1. The van der Waals surface area contributed by atoms with Crippen LogP contribution < -0.4 is 0 Å². The molecule has 3 aliphatic rings. The van der Waals surface area contributed by atoms with Gasteiger partial charge in [0.05, 0.1) is 18.8 Å². The number of aryl methyl sites for hydroxylation is 1. The zero-order valence-electron chi connectivity index (χ0n) is 15.7. The number of aliphatic hydroxyl groups is 1. The maximum absolute atomic E-state index is 12.7. The first-order chi connectivity index (χ1) is 12.5. The Bertz CT molecular complexity index is 637. The van der Waals surface area contributed by atoms with Crippen LogP contribution in [0, 0.1) is 12.3 Å². The number of carbonyl (C=O) groups excluding carboxylic acids is 1. The summed E-state index contributed by atoms with van der Waals surface area (Å²) >= 11 is 0. The fourth-order valence-electron chi connectivity index (χ4n) is 4.69. The number of piperidine rings is 1. The van der Waals surface area contributed by atoms with E-state index in [-0.39, 0.29) is 23.5 Å². The van der Waals surface area contributed by atoms with E-state index in [1.54, 1.807) is 0 Å². The SMILES string of the molecule is Cc1ccc(C(=O)N2CCC3(CC2)CO[C@@H](CN2CC[C@@H](O)C2)C3)cc1. The molecule has 5 nitrogen and oxygen atoms in total. The number of ether oxygens (including phenoxy) is 1. The van der Waals surface area contributed by atoms with Crippen molar-refractivity contribution in [1.29, 1.82) is 0 Å². The van der Waals surface area contributed by atoms with Crippen LogP contribution in [-0.4, -0.2) is 72.4 Å². The van der Waals surface area contributed by atoms with Gasteiger partial charge in [-0.3, -0.25) is 9.69 Å². The molecule has 3 fully saturated rings. The molecule has 1 aromatic carbocycles. The highest BCUT2D eigenvalue weighted by atomic mass is 16.5. The molecular formula is C21H30N2O3. The number of aliphatic hydroxyl groups excluding tert-OH is 1. The number of rotatable bonds is 3. The highest BCUT2D eigenvalue weighted by Gasteiger charge is 2.43. The van der Waals surface area contributed by atoms with Gasteiger partial charge in [0.25, 0.3) is 5.91 Å². The zero-order valence-corrected chi connectivity index (χ0v) is 15.7. The Balaban J connectivity index is 1.29. The van der Waals surface area contributed by atoms with Crippen LogP contribution in [0.4, 0.5) is 0 Å². The molecule has 0 saturated carbocycles. The quantitative estimate of drug-likeness (QED) is 0.899. The van der Waals surface area contributed by atoms with Crippen molar-refractivity contribution in [3.63, 3.8) is 0 Å². The van der Waals surface area contributed by atoms with Crippen LogP contribution in [0.3, 0.4) is 0 Å². The fourth-order valence-corrected chi connectivity index (χ4v) is 4.69. The largest absolute Gasteiger partial charge is 0.392 e. The normalized spacial score (nSPS) is 28.8. The second kappa shape index (κ2) is 7.29. The molecule has 142 valence electrons. The third-order valence-electron chi connectivity index (χ3n) is 6.41. The molecule has 0 aromatic heterocycles. The Morgan fingerprint density at radius 2 is 1.96 bits per heavy atom. The summed E-state index contributed by atoms with van der Waals surface area (Å²) < 4.78 is 6.11. The smallest absolute Gasteiger partial charge is 0.253 e. The highest BCUT2D eigenvalue weighted by molar-refractivity contribution is 5.94. The van der Waals surface area contributed by atoms with Crippen molar-refractivity contribution >= 4 is 5.91 Å². The van der Waals surface area contributed by atoms with Crippen molar-refractivity contribution in [2.24, 2.45) is 5.41 Å². The maximum Gasteiger partial charge on any atom is 0.253 e. The second-order valence-electron chi connectivity index (χ2n) is 8.50. The minimum absolute atomic E-state index is 0.154. The number of nitrogens with zero attached hydrogens (tertiary/aromatic N) is 2. The number of benzene rings is 1. The van der Waals surface area contributed by atoms with Gasteiger partial charge < -0.3 is 14.7 Å². The predicted octanol–water partition coefficient (Wildman–Crippen LogP) is 2.07. The number of hydrogen-bond donors (Lipinski definition) is 1. The summed E-state index contributed by atoms with van der Waals surface area (Å²) in [5.74, 6) is 0.154. The molecule has 4 rings (SSSR count). The lowest BCUT2D eigenvalue weighted by atomic mass is 9.76. The van der Waals surface area contributed by atoms with Crippen LogP contribution >= 0.6 is 0 Å². The molecule has 0 unspecified atom stereocenters. The van der Waals surface area contributed by atoms with Gasteiger partial charge in [-0.1, -0.05) is 17.7 Å². The van der Waals surface area contributed by atoms with Gasteiger partial charge in [-0.05, 0) is 50.2 Å². The average Bonchev–Trinajstić information content (AvgIpc) is 3.22. The van der Waals surface area contributed by atoms with Gasteiger partial charge in [-0.15, -0.1) is 0 Å². The molecule has 1 aromatic rings. The van der Waals surface area contributed by atoms with Crippen molar-refractivity contribution in [3.8, 4) is 0 Å². The Kier molecular flexibility index (Phi) is 5.04. The summed E-state index contributed by atoms with van der Waals surface area (Å²) in [6, 6.07) is 7.87. The molecule has 1 spiro atoms. The molecule has 0 radical (unpaired) electrons. The van der Waals surface area contributed by atoms with Gasteiger partial charge in [-0.25, -0.2) is 0 Å². The monoisotopic (exact) mass is 358 g/mol. The third kappa shape index (κ3) is 3.80. The summed E-state index contributed by atoms with van der Waals surface area (Å²) in [5.41, 5.74) is 2.21. The van der Waals surface area contributed by atoms with Crippen LogP contribution in [0.1, 0.15) is 41.6 Å². The number of β-amino-alcohol motifs (C(OH)–C–C–N with tert-alkyl or cyclic N) is 1.